The Labute approximate surface area is 157 Å². The van der Waals surface area contributed by atoms with Crippen LogP contribution in [0.2, 0.25) is 0 Å². The third kappa shape index (κ3) is 5.74. The van der Waals surface area contributed by atoms with Crippen molar-refractivity contribution in [3.05, 3.63) is 33.0 Å². The first-order chi connectivity index (χ1) is 11.7. The lowest BCUT2D eigenvalue weighted by Crippen LogP contribution is -1.85. The van der Waals surface area contributed by atoms with Gasteiger partial charge in [0.2, 0.25) is 0 Å². The molecule has 24 heavy (non-hydrogen) atoms. The van der Waals surface area contributed by atoms with E-state index in [-0.39, 0.29) is 0 Å². The molecule has 0 spiro atoms. The summed E-state index contributed by atoms with van der Waals surface area (Å²) in [6, 6.07) is 4.94. The summed E-state index contributed by atoms with van der Waals surface area (Å²) in [5.74, 6) is 0. The molecule has 0 aliphatic rings. The minimum absolute atomic E-state index is 1.26. The van der Waals surface area contributed by atoms with Crippen molar-refractivity contribution in [1.82, 2.24) is 0 Å². The molecule has 2 aromatic rings. The molecule has 0 aliphatic carbocycles. The van der Waals surface area contributed by atoms with Crippen molar-refractivity contribution < 1.29 is 0 Å². The first-order valence-electron chi connectivity index (χ1n) is 9.84. The Bertz CT molecular complexity index is 549. The standard InChI is InChI=1S/C22H34S2/c1-5-7-9-11-13-19-15-21(23-17(19)3)22-16-20(18(4)24-22)14-12-10-8-6-2/h15-16H,5-14H2,1-4H3. The van der Waals surface area contributed by atoms with Crippen molar-refractivity contribution >= 4 is 22.7 Å². The van der Waals surface area contributed by atoms with Gasteiger partial charge in [-0.05, 0) is 62.8 Å². The third-order valence-electron chi connectivity index (χ3n) is 4.88. The predicted molar refractivity (Wildman–Crippen MR) is 113 cm³/mol. The van der Waals surface area contributed by atoms with Gasteiger partial charge in [0.1, 0.15) is 0 Å². The lowest BCUT2D eigenvalue weighted by Gasteiger charge is -1.99. The van der Waals surface area contributed by atoms with Gasteiger partial charge >= 0.3 is 0 Å². The normalized spacial score (nSPS) is 11.3. The van der Waals surface area contributed by atoms with Gasteiger partial charge in [-0.25, -0.2) is 0 Å². The van der Waals surface area contributed by atoms with Crippen LogP contribution in [0.1, 0.15) is 86.1 Å². The fourth-order valence-electron chi connectivity index (χ4n) is 3.26. The monoisotopic (exact) mass is 362 g/mol. The van der Waals surface area contributed by atoms with Crippen molar-refractivity contribution in [3.8, 4) is 9.75 Å². The van der Waals surface area contributed by atoms with E-state index in [9.17, 15) is 0 Å². The molecule has 0 saturated heterocycles. The molecule has 0 aliphatic heterocycles. The molecule has 2 aromatic heterocycles. The lowest BCUT2D eigenvalue weighted by molar-refractivity contribution is 0.666. The summed E-state index contributed by atoms with van der Waals surface area (Å²) >= 11 is 3.99. The molecule has 0 radical (unpaired) electrons. The van der Waals surface area contributed by atoms with E-state index in [1.165, 1.54) is 83.7 Å². The van der Waals surface area contributed by atoms with Gasteiger partial charge in [0.05, 0.1) is 0 Å². The Kier molecular flexibility index (Phi) is 8.55. The minimum atomic E-state index is 1.26. The predicted octanol–water partition coefficient (Wildman–Crippen LogP) is 8.34. The maximum atomic E-state index is 2.47. The molecule has 0 aromatic carbocycles. The minimum Gasteiger partial charge on any atom is -0.139 e. The molecule has 0 atom stereocenters. The SMILES string of the molecule is CCCCCCc1cc(-c2cc(CCCCCC)c(C)s2)sc1C. The molecule has 0 fully saturated rings. The van der Waals surface area contributed by atoms with E-state index >= 15 is 0 Å². The average molecular weight is 363 g/mol. The molecule has 0 nitrogen and oxygen atoms in total. The van der Waals surface area contributed by atoms with Crippen LogP contribution in [0.15, 0.2) is 12.1 Å². The Hall–Kier alpha value is -0.600. The van der Waals surface area contributed by atoms with Gasteiger partial charge in [-0.1, -0.05) is 52.4 Å². The molecular weight excluding hydrogens is 328 g/mol. The summed E-state index contributed by atoms with van der Waals surface area (Å²) in [5.41, 5.74) is 3.17. The molecular formula is C22H34S2. The highest BCUT2D eigenvalue weighted by Crippen LogP contribution is 2.38. The van der Waals surface area contributed by atoms with E-state index in [0.29, 0.717) is 0 Å². The van der Waals surface area contributed by atoms with Crippen molar-refractivity contribution in [2.75, 3.05) is 0 Å². The Morgan fingerprint density at radius 2 is 1.04 bits per heavy atom. The number of aryl methyl sites for hydroxylation is 4. The Morgan fingerprint density at radius 3 is 1.42 bits per heavy atom. The molecule has 0 bridgehead atoms. The number of hydrogen-bond donors (Lipinski definition) is 0. The largest absolute Gasteiger partial charge is 0.139 e. The van der Waals surface area contributed by atoms with Crippen LogP contribution in [-0.4, -0.2) is 0 Å². The molecule has 134 valence electrons. The Morgan fingerprint density at radius 1 is 0.625 bits per heavy atom. The summed E-state index contributed by atoms with van der Waals surface area (Å²) in [5, 5.41) is 0. The number of hydrogen-bond acceptors (Lipinski definition) is 2. The zero-order chi connectivity index (χ0) is 17.4. The van der Waals surface area contributed by atoms with Gasteiger partial charge in [-0.2, -0.15) is 0 Å². The van der Waals surface area contributed by atoms with Crippen LogP contribution < -0.4 is 0 Å². The van der Waals surface area contributed by atoms with E-state index in [2.05, 4.69) is 39.8 Å². The van der Waals surface area contributed by atoms with Gasteiger partial charge in [0.15, 0.2) is 0 Å². The molecule has 0 amide bonds. The summed E-state index contributed by atoms with van der Waals surface area (Å²) in [7, 11) is 0. The van der Waals surface area contributed by atoms with Crippen LogP contribution in [0.4, 0.5) is 0 Å². The molecule has 0 saturated carbocycles. The van der Waals surface area contributed by atoms with Crippen LogP contribution in [-0.2, 0) is 12.8 Å². The van der Waals surface area contributed by atoms with E-state index in [4.69, 9.17) is 0 Å². The molecule has 2 heterocycles. The molecule has 2 heteroatoms. The van der Waals surface area contributed by atoms with Crippen LogP contribution in [0.3, 0.4) is 0 Å². The average Bonchev–Trinajstić information content (AvgIpc) is 3.12. The van der Waals surface area contributed by atoms with Crippen LogP contribution >= 0.6 is 22.7 Å². The molecule has 2 rings (SSSR count). The van der Waals surface area contributed by atoms with Gasteiger partial charge < -0.3 is 0 Å². The maximum Gasteiger partial charge on any atom is 0.0448 e. The summed E-state index contributed by atoms with van der Waals surface area (Å²) in [6.07, 6.45) is 13.4. The highest BCUT2D eigenvalue weighted by atomic mass is 32.1. The van der Waals surface area contributed by atoms with E-state index in [0.717, 1.165) is 0 Å². The smallest absolute Gasteiger partial charge is 0.0448 e. The lowest BCUT2D eigenvalue weighted by atomic mass is 10.1. The van der Waals surface area contributed by atoms with E-state index < -0.39 is 0 Å². The summed E-state index contributed by atoms with van der Waals surface area (Å²) in [4.78, 5) is 6.03. The van der Waals surface area contributed by atoms with Gasteiger partial charge in [0, 0.05) is 19.5 Å². The fourth-order valence-corrected chi connectivity index (χ4v) is 5.48. The highest BCUT2D eigenvalue weighted by molar-refractivity contribution is 7.22. The van der Waals surface area contributed by atoms with Gasteiger partial charge in [-0.3, -0.25) is 0 Å². The van der Waals surface area contributed by atoms with Gasteiger partial charge in [0.25, 0.3) is 0 Å². The van der Waals surface area contributed by atoms with Gasteiger partial charge in [-0.15, -0.1) is 22.7 Å². The number of unbranched alkanes of at least 4 members (excludes halogenated alkanes) is 6. The molecule has 0 N–H and O–H groups in total. The second-order valence-electron chi connectivity index (χ2n) is 7.01. The second kappa shape index (κ2) is 10.4. The van der Waals surface area contributed by atoms with Crippen LogP contribution in [0.5, 0.6) is 0 Å². The molecule has 0 unspecified atom stereocenters. The van der Waals surface area contributed by atoms with E-state index in [1.54, 1.807) is 11.1 Å². The van der Waals surface area contributed by atoms with E-state index in [1.807, 2.05) is 22.7 Å². The first kappa shape index (κ1) is 19.7. The van der Waals surface area contributed by atoms with Crippen LogP contribution in [0, 0.1) is 13.8 Å². The topological polar surface area (TPSA) is 0 Å². The second-order valence-corrected chi connectivity index (χ2v) is 9.52. The zero-order valence-corrected chi connectivity index (χ0v) is 17.7. The fraction of sp³-hybridized carbons (Fsp3) is 0.636. The third-order valence-corrected chi connectivity index (χ3v) is 7.26. The van der Waals surface area contributed by atoms with Crippen molar-refractivity contribution in [1.29, 1.82) is 0 Å². The van der Waals surface area contributed by atoms with Crippen LogP contribution in [0.25, 0.3) is 9.75 Å². The zero-order valence-electron chi connectivity index (χ0n) is 16.0. The highest BCUT2D eigenvalue weighted by Gasteiger charge is 2.12. The quantitative estimate of drug-likeness (QED) is 0.352. The van der Waals surface area contributed by atoms with Crippen molar-refractivity contribution in [2.45, 2.75) is 91.9 Å². The van der Waals surface area contributed by atoms with Crippen molar-refractivity contribution in [3.63, 3.8) is 0 Å². The first-order valence-corrected chi connectivity index (χ1v) is 11.5. The Balaban J connectivity index is 1.98. The van der Waals surface area contributed by atoms with Crippen molar-refractivity contribution in [2.24, 2.45) is 0 Å². The summed E-state index contributed by atoms with van der Waals surface area (Å²) < 4.78 is 0. The number of rotatable bonds is 11. The number of thiophene rings is 2. The summed E-state index contributed by atoms with van der Waals surface area (Å²) in [6.45, 7) is 9.17. The maximum absolute atomic E-state index is 2.47.